The van der Waals surface area contributed by atoms with Crippen LogP contribution in [0.3, 0.4) is 0 Å². The van der Waals surface area contributed by atoms with Crippen molar-refractivity contribution in [1.29, 1.82) is 0 Å². The molecule has 1 saturated carbocycles. The Kier molecular flexibility index (Phi) is 14.9. The number of hydrogen-bond acceptors (Lipinski definition) is 7. The van der Waals surface area contributed by atoms with Crippen LogP contribution in [0.2, 0.25) is 0 Å². The molecule has 14 heteroatoms. The summed E-state index contributed by atoms with van der Waals surface area (Å²) in [7, 11) is -2.04. The molecular weight excluding hydrogens is 624 g/mol. The highest BCUT2D eigenvalue weighted by atomic mass is 32.2. The molecule has 0 spiro atoms. The molecule has 4 atom stereocenters. The van der Waals surface area contributed by atoms with Gasteiger partial charge >= 0.3 is 6.03 Å². The van der Waals surface area contributed by atoms with Gasteiger partial charge in [-0.25, -0.2) is 17.5 Å². The number of urea groups is 1. The highest BCUT2D eigenvalue weighted by molar-refractivity contribution is 7.88. The Morgan fingerprint density at radius 2 is 1.68 bits per heavy atom. The molecule has 2 aliphatic rings. The fourth-order valence-corrected chi connectivity index (χ4v) is 6.69. The number of unbranched alkanes of at least 4 members (excludes halogenated alkanes) is 1. The Balaban J connectivity index is 2.32. The van der Waals surface area contributed by atoms with Crippen LogP contribution in [0, 0.1) is 10.8 Å². The minimum atomic E-state index is -3.50. The number of nitrogens with zero attached hydrogens (tertiary/aromatic N) is 2. The lowest BCUT2D eigenvalue weighted by molar-refractivity contribution is -0.144. The molecule has 47 heavy (non-hydrogen) atoms. The summed E-state index contributed by atoms with van der Waals surface area (Å²) in [6.45, 7) is 13.6. The third kappa shape index (κ3) is 11.6. The van der Waals surface area contributed by atoms with Crippen LogP contribution in [0.5, 0.6) is 0 Å². The fraction of sp³-hybridized carbons (Fsp3) is 0.788. The number of hydrogen-bond donors (Lipinski definition) is 4. The lowest BCUT2D eigenvalue weighted by Crippen LogP contribution is -2.63. The SMILES string of the molecule is C=CCNC(=O)C(=O)C(CCCC)NC(=O)[C@@H]1CCCN1C(=O)[C@@H](NC(=O)N[C@H](CN(C)S(C)(=O)=O)C(C)(C)C)C1(C)CCCCC1. The van der Waals surface area contributed by atoms with E-state index in [1.54, 1.807) is 0 Å². The van der Waals surface area contributed by atoms with E-state index in [0.717, 1.165) is 31.9 Å². The van der Waals surface area contributed by atoms with Gasteiger partial charge < -0.3 is 26.2 Å². The van der Waals surface area contributed by atoms with Gasteiger partial charge in [-0.05, 0) is 42.9 Å². The van der Waals surface area contributed by atoms with Gasteiger partial charge in [0.1, 0.15) is 12.1 Å². The Labute approximate surface area is 281 Å². The van der Waals surface area contributed by atoms with Gasteiger partial charge in [0.05, 0.1) is 12.3 Å². The summed E-state index contributed by atoms with van der Waals surface area (Å²) in [6, 6.07) is -3.98. The van der Waals surface area contributed by atoms with E-state index in [1.807, 2.05) is 34.6 Å². The van der Waals surface area contributed by atoms with Crippen molar-refractivity contribution in [3.63, 3.8) is 0 Å². The van der Waals surface area contributed by atoms with E-state index in [0.29, 0.717) is 38.6 Å². The van der Waals surface area contributed by atoms with Gasteiger partial charge in [0.25, 0.3) is 5.91 Å². The molecule has 1 unspecified atom stereocenters. The number of carbonyl (C=O) groups is 5. The standard InChI is InChI=1S/C33H58N6O7S/c1-9-11-16-23(26(40)29(42)34-20-10-2)35-28(41)24-17-15-21-39(24)30(43)27(33(6)18-13-12-14-19-33)37-31(44)36-25(32(3,4)5)22-38(7)47(8,45)46/h10,23-25,27H,2,9,11-22H2,1,3-8H3,(H,34,42)(H,35,41)(H2,36,37,44)/t23?,24-,25+,27+/m0/s1. The van der Waals surface area contributed by atoms with Crippen LogP contribution in [-0.2, 0) is 29.2 Å². The molecule has 268 valence electrons. The van der Waals surface area contributed by atoms with E-state index in [1.165, 1.54) is 22.3 Å². The molecule has 4 N–H and O–H groups in total. The lowest BCUT2D eigenvalue weighted by Gasteiger charge is -2.43. The molecule has 0 radical (unpaired) electrons. The Hall–Kier alpha value is -3.00. The van der Waals surface area contributed by atoms with Crippen molar-refractivity contribution in [3.8, 4) is 0 Å². The second-order valence-electron chi connectivity index (χ2n) is 14.5. The highest BCUT2D eigenvalue weighted by Gasteiger charge is 2.47. The number of likely N-dealkylation sites (tertiary alicyclic amines) is 1. The summed E-state index contributed by atoms with van der Waals surface area (Å²) in [4.78, 5) is 68.5. The van der Waals surface area contributed by atoms with E-state index < -0.39 is 68.6 Å². The van der Waals surface area contributed by atoms with Crippen molar-refractivity contribution in [2.24, 2.45) is 10.8 Å². The minimum Gasteiger partial charge on any atom is -0.346 e. The minimum absolute atomic E-state index is 0.0452. The van der Waals surface area contributed by atoms with Crippen LogP contribution < -0.4 is 21.3 Å². The third-order valence-corrected chi connectivity index (χ3v) is 10.8. The van der Waals surface area contributed by atoms with E-state index in [4.69, 9.17) is 0 Å². The van der Waals surface area contributed by atoms with E-state index >= 15 is 0 Å². The normalized spacial score (nSPS) is 20.1. The van der Waals surface area contributed by atoms with Gasteiger partial charge in [-0.15, -0.1) is 6.58 Å². The fourth-order valence-electron chi connectivity index (χ4n) is 6.27. The first-order chi connectivity index (χ1) is 21.9. The molecule has 1 heterocycles. The van der Waals surface area contributed by atoms with Crippen LogP contribution in [0.1, 0.15) is 98.8 Å². The van der Waals surface area contributed by atoms with Gasteiger partial charge in [0.2, 0.25) is 27.6 Å². The summed E-state index contributed by atoms with van der Waals surface area (Å²) >= 11 is 0. The van der Waals surface area contributed by atoms with Crippen LogP contribution in [0.25, 0.3) is 0 Å². The Bertz CT molecular complexity index is 1240. The predicted octanol–water partition coefficient (Wildman–Crippen LogP) is 2.47. The van der Waals surface area contributed by atoms with Crippen LogP contribution in [0.15, 0.2) is 12.7 Å². The van der Waals surface area contributed by atoms with E-state index in [9.17, 15) is 32.4 Å². The van der Waals surface area contributed by atoms with Crippen LogP contribution in [-0.4, -0.2) is 104 Å². The van der Waals surface area contributed by atoms with Gasteiger partial charge in [0, 0.05) is 32.7 Å². The van der Waals surface area contributed by atoms with Crippen molar-refractivity contribution in [3.05, 3.63) is 12.7 Å². The first-order valence-electron chi connectivity index (χ1n) is 16.9. The number of amides is 5. The molecule has 0 aromatic heterocycles. The summed E-state index contributed by atoms with van der Waals surface area (Å²) < 4.78 is 25.4. The van der Waals surface area contributed by atoms with Crippen molar-refractivity contribution in [2.75, 3.05) is 32.9 Å². The van der Waals surface area contributed by atoms with Crippen molar-refractivity contribution in [2.45, 2.75) is 123 Å². The van der Waals surface area contributed by atoms with Gasteiger partial charge in [-0.2, -0.15) is 0 Å². The summed E-state index contributed by atoms with van der Waals surface area (Å²) in [5.74, 6) is -2.42. The molecule has 0 aromatic rings. The number of sulfonamides is 1. The first kappa shape index (κ1) is 40.2. The number of nitrogens with one attached hydrogen (secondary N) is 4. The number of Topliss-reactive ketones (excluding diaryl/α,β-unsaturated/α-hetero) is 1. The zero-order valence-electron chi connectivity index (χ0n) is 29.4. The zero-order valence-corrected chi connectivity index (χ0v) is 30.3. The second-order valence-corrected chi connectivity index (χ2v) is 16.6. The monoisotopic (exact) mass is 682 g/mol. The number of likely N-dealkylation sites (N-methyl/N-ethyl adjacent to an activating group) is 1. The molecule has 0 bridgehead atoms. The van der Waals surface area contributed by atoms with Crippen LogP contribution >= 0.6 is 0 Å². The molecule has 5 amide bonds. The maximum Gasteiger partial charge on any atom is 0.315 e. The average molecular weight is 683 g/mol. The Morgan fingerprint density at radius 1 is 1.04 bits per heavy atom. The summed E-state index contributed by atoms with van der Waals surface area (Å²) in [5.41, 5.74) is -1.07. The smallest absolute Gasteiger partial charge is 0.315 e. The molecule has 1 saturated heterocycles. The molecule has 0 aromatic carbocycles. The number of carbonyl (C=O) groups excluding carboxylic acids is 5. The second kappa shape index (κ2) is 17.4. The molecule has 13 nitrogen and oxygen atoms in total. The highest BCUT2D eigenvalue weighted by Crippen LogP contribution is 2.40. The summed E-state index contributed by atoms with van der Waals surface area (Å²) in [5, 5.41) is 11.1. The summed E-state index contributed by atoms with van der Waals surface area (Å²) in [6.07, 6.45) is 9.41. The largest absolute Gasteiger partial charge is 0.346 e. The van der Waals surface area contributed by atoms with Gasteiger partial charge in [-0.3, -0.25) is 19.2 Å². The third-order valence-electron chi connectivity index (χ3n) is 9.52. The first-order valence-corrected chi connectivity index (χ1v) is 18.7. The quantitative estimate of drug-likeness (QED) is 0.143. The number of ketones is 1. The molecule has 1 aliphatic heterocycles. The Morgan fingerprint density at radius 3 is 2.23 bits per heavy atom. The molecule has 2 rings (SSSR count). The van der Waals surface area contributed by atoms with Crippen molar-refractivity contribution < 1.29 is 32.4 Å². The number of rotatable bonds is 16. The average Bonchev–Trinajstić information content (AvgIpc) is 3.49. The molecule has 2 fully saturated rings. The van der Waals surface area contributed by atoms with E-state index in [-0.39, 0.29) is 25.4 Å². The van der Waals surface area contributed by atoms with Gasteiger partial charge in [-0.1, -0.05) is 72.8 Å². The van der Waals surface area contributed by atoms with Crippen molar-refractivity contribution in [1.82, 2.24) is 30.5 Å². The topological polar surface area (TPSA) is 174 Å². The molecule has 1 aliphatic carbocycles. The predicted molar refractivity (Wildman–Crippen MR) is 182 cm³/mol. The van der Waals surface area contributed by atoms with E-state index in [2.05, 4.69) is 27.8 Å². The zero-order chi connectivity index (χ0) is 35.6. The lowest BCUT2D eigenvalue weighted by atomic mass is 9.70. The van der Waals surface area contributed by atoms with Crippen molar-refractivity contribution >= 4 is 39.6 Å². The molecular formula is C33H58N6O7S. The van der Waals surface area contributed by atoms with Gasteiger partial charge in [0.15, 0.2) is 0 Å². The maximum atomic E-state index is 14.4. The maximum absolute atomic E-state index is 14.4. The van der Waals surface area contributed by atoms with Crippen LogP contribution in [0.4, 0.5) is 4.79 Å².